The Bertz CT molecular complexity index is 397. The van der Waals surface area contributed by atoms with Crippen LogP contribution in [-0.4, -0.2) is 29.0 Å². The summed E-state index contributed by atoms with van der Waals surface area (Å²) in [5, 5.41) is 0. The van der Waals surface area contributed by atoms with E-state index in [9.17, 15) is 4.79 Å². The second-order valence-corrected chi connectivity index (χ2v) is 4.51. The largest absolute Gasteiger partial charge is 0.341 e. The van der Waals surface area contributed by atoms with Crippen LogP contribution in [0.15, 0.2) is 12.4 Å². The van der Waals surface area contributed by atoms with Crippen molar-refractivity contribution < 1.29 is 4.79 Å². The molecule has 0 unspecified atom stereocenters. The fourth-order valence-corrected chi connectivity index (χ4v) is 2.15. The number of nitrogens with one attached hydrogen (secondary N) is 1. The summed E-state index contributed by atoms with van der Waals surface area (Å²) >= 11 is 0. The van der Waals surface area contributed by atoms with E-state index in [1.807, 2.05) is 12.4 Å². The lowest BCUT2D eigenvalue weighted by atomic mass is 9.96. The third-order valence-corrected chi connectivity index (χ3v) is 3.39. The van der Waals surface area contributed by atoms with Crippen molar-refractivity contribution in [2.45, 2.75) is 26.2 Å². The van der Waals surface area contributed by atoms with E-state index in [1.165, 1.54) is 0 Å². The molecule has 1 amide bonds. The molecule has 0 atom stereocenters. The van der Waals surface area contributed by atoms with E-state index >= 15 is 0 Å². The van der Waals surface area contributed by atoms with Crippen LogP contribution < -0.4 is 16.2 Å². The van der Waals surface area contributed by atoms with Gasteiger partial charge in [0.05, 0.1) is 0 Å². The summed E-state index contributed by atoms with van der Waals surface area (Å²) in [7, 11) is 0. The highest BCUT2D eigenvalue weighted by molar-refractivity contribution is 5.78. The molecule has 1 aromatic rings. The summed E-state index contributed by atoms with van der Waals surface area (Å²) in [6.45, 7) is 3.67. The number of amides is 1. The molecule has 98 valence electrons. The molecule has 1 aliphatic rings. The van der Waals surface area contributed by atoms with Crippen molar-refractivity contribution in [3.63, 3.8) is 0 Å². The van der Waals surface area contributed by atoms with Crippen molar-refractivity contribution in [1.82, 2.24) is 15.4 Å². The minimum atomic E-state index is -0.0723. The van der Waals surface area contributed by atoms with E-state index in [4.69, 9.17) is 5.84 Å². The lowest BCUT2D eigenvalue weighted by molar-refractivity contribution is -0.125. The van der Waals surface area contributed by atoms with Crippen molar-refractivity contribution in [1.29, 1.82) is 0 Å². The molecule has 3 N–H and O–H groups in total. The van der Waals surface area contributed by atoms with E-state index in [-0.39, 0.29) is 11.8 Å². The maximum atomic E-state index is 11.4. The van der Waals surface area contributed by atoms with Crippen LogP contribution in [0.1, 0.15) is 25.3 Å². The van der Waals surface area contributed by atoms with Gasteiger partial charge in [-0.3, -0.25) is 10.2 Å². The van der Waals surface area contributed by atoms with Gasteiger partial charge < -0.3 is 4.90 Å². The molecular formula is C12H19N5O. The molecule has 0 aromatic carbocycles. The summed E-state index contributed by atoms with van der Waals surface area (Å²) < 4.78 is 0. The molecule has 1 aliphatic heterocycles. The highest BCUT2D eigenvalue weighted by Gasteiger charge is 2.25. The molecule has 0 saturated carbocycles. The van der Waals surface area contributed by atoms with E-state index in [0.29, 0.717) is 0 Å². The molecule has 1 aromatic heterocycles. The summed E-state index contributed by atoms with van der Waals surface area (Å²) in [5.74, 6) is 5.83. The van der Waals surface area contributed by atoms with Crippen LogP contribution in [-0.2, 0) is 11.2 Å². The maximum Gasteiger partial charge on any atom is 0.237 e. The fraction of sp³-hybridized carbons (Fsp3) is 0.583. The van der Waals surface area contributed by atoms with Crippen LogP contribution >= 0.6 is 0 Å². The number of aryl methyl sites for hydroxylation is 1. The normalized spacial score (nSPS) is 16.7. The second kappa shape index (κ2) is 5.77. The van der Waals surface area contributed by atoms with Gasteiger partial charge in [-0.2, -0.15) is 0 Å². The van der Waals surface area contributed by atoms with Gasteiger partial charge >= 0.3 is 0 Å². The number of carbonyl (C=O) groups excluding carboxylic acids is 1. The van der Waals surface area contributed by atoms with E-state index in [1.54, 1.807) is 0 Å². The Hall–Kier alpha value is -1.69. The van der Waals surface area contributed by atoms with Crippen LogP contribution in [0.25, 0.3) is 0 Å². The van der Waals surface area contributed by atoms with Gasteiger partial charge in [0, 0.05) is 31.4 Å². The number of hydrogen-bond donors (Lipinski definition) is 2. The number of piperidine rings is 1. The molecule has 2 heterocycles. The van der Waals surface area contributed by atoms with E-state index < -0.39 is 0 Å². The predicted molar refractivity (Wildman–Crippen MR) is 68.7 cm³/mol. The number of nitrogens with zero attached hydrogens (tertiary/aromatic N) is 3. The van der Waals surface area contributed by atoms with Crippen molar-refractivity contribution in [2.24, 2.45) is 11.8 Å². The number of hydrogen-bond acceptors (Lipinski definition) is 5. The van der Waals surface area contributed by atoms with Gasteiger partial charge in [0.2, 0.25) is 11.9 Å². The summed E-state index contributed by atoms with van der Waals surface area (Å²) in [6.07, 6.45) is 6.25. The molecular weight excluding hydrogens is 230 g/mol. The zero-order chi connectivity index (χ0) is 13.0. The van der Waals surface area contributed by atoms with Crippen molar-refractivity contribution in [3.8, 4) is 0 Å². The average Bonchev–Trinajstić information content (AvgIpc) is 2.47. The van der Waals surface area contributed by atoms with Crippen molar-refractivity contribution in [3.05, 3.63) is 18.0 Å². The predicted octanol–water partition coefficient (Wildman–Crippen LogP) is 0.245. The minimum absolute atomic E-state index is 0.0150. The van der Waals surface area contributed by atoms with Crippen LogP contribution in [0.4, 0.5) is 5.95 Å². The van der Waals surface area contributed by atoms with Crippen molar-refractivity contribution >= 4 is 11.9 Å². The number of anilines is 1. The first-order chi connectivity index (χ1) is 8.74. The summed E-state index contributed by atoms with van der Waals surface area (Å²) in [4.78, 5) is 22.2. The van der Waals surface area contributed by atoms with Gasteiger partial charge in [0.15, 0.2) is 0 Å². The van der Waals surface area contributed by atoms with Gasteiger partial charge in [0.25, 0.3) is 0 Å². The lowest BCUT2D eigenvalue weighted by Gasteiger charge is -2.30. The Labute approximate surface area is 107 Å². The number of nitrogens with two attached hydrogens (primary N) is 1. The molecule has 1 fully saturated rings. The first kappa shape index (κ1) is 12.8. The maximum absolute atomic E-state index is 11.4. The smallest absolute Gasteiger partial charge is 0.237 e. The highest BCUT2D eigenvalue weighted by atomic mass is 16.2. The molecule has 0 radical (unpaired) electrons. The third kappa shape index (κ3) is 2.76. The topological polar surface area (TPSA) is 84.1 Å². The van der Waals surface area contributed by atoms with E-state index in [0.717, 1.165) is 43.9 Å². The Morgan fingerprint density at radius 3 is 2.56 bits per heavy atom. The van der Waals surface area contributed by atoms with Gasteiger partial charge in [0.1, 0.15) is 0 Å². The minimum Gasteiger partial charge on any atom is -0.341 e. The van der Waals surface area contributed by atoms with Crippen LogP contribution in [0.2, 0.25) is 0 Å². The third-order valence-electron chi connectivity index (χ3n) is 3.39. The zero-order valence-corrected chi connectivity index (χ0v) is 10.6. The van der Waals surface area contributed by atoms with Crippen LogP contribution in [0, 0.1) is 5.92 Å². The van der Waals surface area contributed by atoms with Crippen molar-refractivity contribution in [2.75, 3.05) is 18.0 Å². The lowest BCUT2D eigenvalue weighted by Crippen LogP contribution is -2.43. The second-order valence-electron chi connectivity index (χ2n) is 4.51. The molecule has 1 saturated heterocycles. The molecule has 2 rings (SSSR count). The van der Waals surface area contributed by atoms with Gasteiger partial charge in [-0.1, -0.05) is 6.92 Å². The quantitative estimate of drug-likeness (QED) is 0.455. The van der Waals surface area contributed by atoms with Gasteiger partial charge in [-0.25, -0.2) is 15.8 Å². The first-order valence-electron chi connectivity index (χ1n) is 6.31. The van der Waals surface area contributed by atoms with Gasteiger partial charge in [-0.05, 0) is 24.8 Å². The Balaban J connectivity index is 1.94. The molecule has 18 heavy (non-hydrogen) atoms. The SMILES string of the molecule is CCc1cnc(N2CCC(C(=O)NN)CC2)nc1. The Morgan fingerprint density at radius 2 is 2.06 bits per heavy atom. The molecule has 6 nitrogen and oxygen atoms in total. The number of rotatable bonds is 3. The number of carbonyl (C=O) groups is 1. The fourth-order valence-electron chi connectivity index (χ4n) is 2.15. The zero-order valence-electron chi connectivity index (χ0n) is 10.6. The molecule has 6 heteroatoms. The molecule has 0 bridgehead atoms. The number of aromatic nitrogens is 2. The van der Waals surface area contributed by atoms with Crippen LogP contribution in [0.3, 0.4) is 0 Å². The number of hydrazine groups is 1. The Kier molecular flexibility index (Phi) is 4.09. The average molecular weight is 249 g/mol. The Morgan fingerprint density at radius 1 is 1.44 bits per heavy atom. The standard InChI is InChI=1S/C12H19N5O/c1-2-9-7-14-12(15-8-9)17-5-3-10(4-6-17)11(18)16-13/h7-8,10H,2-6,13H2,1H3,(H,16,18). The van der Waals surface area contributed by atoms with Crippen LogP contribution in [0.5, 0.6) is 0 Å². The van der Waals surface area contributed by atoms with E-state index in [2.05, 4.69) is 27.2 Å². The van der Waals surface area contributed by atoms with Gasteiger partial charge in [-0.15, -0.1) is 0 Å². The molecule has 0 spiro atoms. The summed E-state index contributed by atoms with van der Waals surface area (Å²) in [5.41, 5.74) is 3.35. The summed E-state index contributed by atoms with van der Waals surface area (Å²) in [6, 6.07) is 0. The molecule has 0 aliphatic carbocycles. The first-order valence-corrected chi connectivity index (χ1v) is 6.31. The highest BCUT2D eigenvalue weighted by Crippen LogP contribution is 2.20. The monoisotopic (exact) mass is 249 g/mol.